The highest BCUT2D eigenvalue weighted by Gasteiger charge is 2.30. The molecule has 0 bridgehead atoms. The van der Waals surface area contributed by atoms with E-state index in [-0.39, 0.29) is 11.3 Å². The third-order valence-electron chi connectivity index (χ3n) is 7.78. The fourth-order valence-corrected chi connectivity index (χ4v) is 5.54. The molecule has 8 nitrogen and oxygen atoms in total. The molecule has 4 heterocycles. The van der Waals surface area contributed by atoms with Gasteiger partial charge in [-0.05, 0) is 68.3 Å². The van der Waals surface area contributed by atoms with Gasteiger partial charge < -0.3 is 14.4 Å². The van der Waals surface area contributed by atoms with Gasteiger partial charge in [-0.25, -0.2) is 4.98 Å². The van der Waals surface area contributed by atoms with E-state index in [1.165, 1.54) is 0 Å². The molecule has 8 heteroatoms. The van der Waals surface area contributed by atoms with E-state index in [0.29, 0.717) is 30.0 Å². The van der Waals surface area contributed by atoms with E-state index in [1.54, 1.807) is 6.20 Å². The minimum Gasteiger partial charge on any atom is -0.489 e. The Labute approximate surface area is 231 Å². The number of para-hydroxylation sites is 2. The van der Waals surface area contributed by atoms with Crippen LogP contribution in [0.2, 0.25) is 0 Å². The zero-order chi connectivity index (χ0) is 27.2. The zero-order valence-electron chi connectivity index (χ0n) is 23.5. The van der Waals surface area contributed by atoms with Gasteiger partial charge >= 0.3 is 0 Å². The van der Waals surface area contributed by atoms with Crippen LogP contribution in [-0.2, 0) is 13.1 Å². The SMILES string of the molecule is CCCn1ccc(C(=O)N2CCC(N3CCCC(C)(C)COc4ccccc4Oc4ncccc4C3)CC2)n1. The van der Waals surface area contributed by atoms with Gasteiger partial charge in [0.05, 0.1) is 6.61 Å². The van der Waals surface area contributed by atoms with E-state index in [1.807, 2.05) is 52.2 Å². The van der Waals surface area contributed by atoms with Crippen LogP contribution in [0.15, 0.2) is 54.9 Å². The molecule has 1 fully saturated rings. The molecule has 39 heavy (non-hydrogen) atoms. The van der Waals surface area contributed by atoms with Gasteiger partial charge in [-0.1, -0.05) is 39.0 Å². The maximum Gasteiger partial charge on any atom is 0.274 e. The number of benzene rings is 1. The van der Waals surface area contributed by atoms with Gasteiger partial charge in [-0.3, -0.25) is 14.4 Å². The highest BCUT2D eigenvalue weighted by molar-refractivity contribution is 5.92. The van der Waals surface area contributed by atoms with E-state index in [4.69, 9.17) is 9.47 Å². The molecule has 3 aromatic rings. The van der Waals surface area contributed by atoms with Gasteiger partial charge in [0.25, 0.3) is 5.91 Å². The summed E-state index contributed by atoms with van der Waals surface area (Å²) in [5, 5.41) is 4.49. The molecule has 2 aliphatic heterocycles. The molecule has 0 radical (unpaired) electrons. The van der Waals surface area contributed by atoms with Crippen molar-refractivity contribution in [2.45, 2.75) is 72.0 Å². The van der Waals surface area contributed by atoms with Crippen molar-refractivity contribution in [3.8, 4) is 17.4 Å². The number of carbonyl (C=O) groups is 1. The third-order valence-corrected chi connectivity index (χ3v) is 7.78. The summed E-state index contributed by atoms with van der Waals surface area (Å²) in [5.74, 6) is 2.09. The number of hydrogen-bond donors (Lipinski definition) is 0. The standard InChI is InChI=1S/C31H41N5O3/c1-4-17-36-21-14-26(33-36)30(37)34-19-12-25(13-20-34)35-18-8-15-31(2,3)23-38-27-10-5-6-11-28(27)39-29-24(22-35)9-7-16-32-29/h5-7,9-11,14,16,21,25H,4,8,12-13,15,17-20,22-23H2,1-3H3. The van der Waals surface area contributed by atoms with Crippen LogP contribution < -0.4 is 9.47 Å². The van der Waals surface area contributed by atoms with E-state index in [0.717, 1.165) is 76.1 Å². The predicted octanol–water partition coefficient (Wildman–Crippen LogP) is 5.79. The Bertz CT molecular complexity index is 1250. The Kier molecular flexibility index (Phi) is 8.50. The maximum absolute atomic E-state index is 13.1. The van der Waals surface area contributed by atoms with Gasteiger partial charge in [-0.15, -0.1) is 0 Å². The topological polar surface area (TPSA) is 72.7 Å². The number of piperidine rings is 1. The highest BCUT2D eigenvalue weighted by Crippen LogP contribution is 2.35. The zero-order valence-corrected chi connectivity index (χ0v) is 23.5. The first-order valence-electron chi connectivity index (χ1n) is 14.3. The van der Waals surface area contributed by atoms with Gasteiger partial charge in [0.2, 0.25) is 5.88 Å². The van der Waals surface area contributed by atoms with Crippen molar-refractivity contribution in [2.75, 3.05) is 26.2 Å². The first-order chi connectivity index (χ1) is 18.9. The van der Waals surface area contributed by atoms with Crippen molar-refractivity contribution >= 4 is 5.91 Å². The molecule has 1 saturated heterocycles. The Morgan fingerprint density at radius 1 is 1.05 bits per heavy atom. The Morgan fingerprint density at radius 3 is 2.64 bits per heavy atom. The number of aromatic nitrogens is 3. The van der Waals surface area contributed by atoms with Crippen molar-refractivity contribution in [1.29, 1.82) is 0 Å². The number of fused-ring (bicyclic) bond motifs is 2. The number of nitrogens with zero attached hydrogens (tertiary/aromatic N) is 5. The first-order valence-corrected chi connectivity index (χ1v) is 14.3. The number of aryl methyl sites for hydroxylation is 1. The quantitative estimate of drug-likeness (QED) is 0.425. The Hall–Kier alpha value is -3.39. The summed E-state index contributed by atoms with van der Waals surface area (Å²) < 4.78 is 14.5. The fraction of sp³-hybridized carbons (Fsp3) is 0.516. The molecule has 1 aromatic carbocycles. The molecule has 0 atom stereocenters. The van der Waals surface area contributed by atoms with Crippen molar-refractivity contribution in [3.63, 3.8) is 0 Å². The molecule has 0 unspecified atom stereocenters. The summed E-state index contributed by atoms with van der Waals surface area (Å²) in [5.41, 5.74) is 1.64. The summed E-state index contributed by atoms with van der Waals surface area (Å²) in [6.07, 6.45) is 8.69. The molecule has 0 N–H and O–H groups in total. The smallest absolute Gasteiger partial charge is 0.274 e. The summed E-state index contributed by atoms with van der Waals surface area (Å²) in [6, 6.07) is 14.1. The lowest BCUT2D eigenvalue weighted by molar-refractivity contribution is 0.0588. The van der Waals surface area contributed by atoms with Crippen LogP contribution >= 0.6 is 0 Å². The number of rotatable bonds is 4. The average Bonchev–Trinajstić information content (AvgIpc) is 3.41. The minimum absolute atomic E-state index is 0.0366. The van der Waals surface area contributed by atoms with Crippen LogP contribution in [0, 0.1) is 5.41 Å². The average molecular weight is 532 g/mol. The van der Waals surface area contributed by atoms with Crippen LogP contribution in [0.3, 0.4) is 0 Å². The normalized spacial score (nSPS) is 18.9. The van der Waals surface area contributed by atoms with Crippen LogP contribution in [0.5, 0.6) is 17.4 Å². The van der Waals surface area contributed by atoms with E-state index < -0.39 is 0 Å². The second kappa shape index (κ2) is 12.2. The van der Waals surface area contributed by atoms with Crippen molar-refractivity contribution < 1.29 is 14.3 Å². The summed E-state index contributed by atoms with van der Waals surface area (Å²) in [4.78, 5) is 22.3. The van der Waals surface area contributed by atoms with E-state index >= 15 is 0 Å². The van der Waals surface area contributed by atoms with Crippen molar-refractivity contribution in [3.05, 3.63) is 66.1 Å². The van der Waals surface area contributed by atoms with Crippen LogP contribution in [0.1, 0.15) is 68.9 Å². The number of carbonyl (C=O) groups excluding carboxylic acids is 1. The molecule has 5 rings (SSSR count). The Morgan fingerprint density at radius 2 is 1.85 bits per heavy atom. The molecule has 208 valence electrons. The van der Waals surface area contributed by atoms with Gasteiger partial charge in [0.15, 0.2) is 11.5 Å². The number of hydrogen-bond acceptors (Lipinski definition) is 6. The second-order valence-electron chi connectivity index (χ2n) is 11.5. The van der Waals surface area contributed by atoms with Crippen LogP contribution in [-0.4, -0.2) is 62.8 Å². The van der Waals surface area contributed by atoms with Crippen molar-refractivity contribution in [1.82, 2.24) is 24.6 Å². The van der Waals surface area contributed by atoms with E-state index in [9.17, 15) is 4.79 Å². The molecule has 1 amide bonds. The number of amides is 1. The van der Waals surface area contributed by atoms with Crippen LogP contribution in [0.4, 0.5) is 0 Å². The molecular weight excluding hydrogens is 490 g/mol. The van der Waals surface area contributed by atoms with E-state index in [2.05, 4.69) is 41.8 Å². The number of ether oxygens (including phenoxy) is 2. The summed E-state index contributed by atoms with van der Waals surface area (Å²) >= 11 is 0. The van der Waals surface area contributed by atoms with Gasteiger partial charge in [0, 0.05) is 50.2 Å². The highest BCUT2D eigenvalue weighted by atomic mass is 16.5. The minimum atomic E-state index is 0.0366. The van der Waals surface area contributed by atoms with Gasteiger partial charge in [-0.2, -0.15) is 5.10 Å². The molecule has 0 aliphatic carbocycles. The first kappa shape index (κ1) is 27.2. The molecular formula is C31H41N5O3. The molecule has 2 aliphatic rings. The predicted molar refractivity (Wildman–Crippen MR) is 151 cm³/mol. The van der Waals surface area contributed by atoms with Crippen LogP contribution in [0.25, 0.3) is 0 Å². The lowest BCUT2D eigenvalue weighted by atomic mass is 9.88. The largest absolute Gasteiger partial charge is 0.489 e. The second-order valence-corrected chi connectivity index (χ2v) is 11.5. The number of pyridine rings is 1. The van der Waals surface area contributed by atoms with Crippen molar-refractivity contribution in [2.24, 2.45) is 5.41 Å². The molecule has 2 aromatic heterocycles. The van der Waals surface area contributed by atoms with Gasteiger partial charge in [0.1, 0.15) is 5.69 Å². The number of likely N-dealkylation sites (tertiary alicyclic amines) is 1. The summed E-state index contributed by atoms with van der Waals surface area (Å²) in [7, 11) is 0. The molecule has 0 saturated carbocycles. The third kappa shape index (κ3) is 6.79. The lowest BCUT2D eigenvalue weighted by Gasteiger charge is -2.39. The fourth-order valence-electron chi connectivity index (χ4n) is 5.54. The molecule has 0 spiro atoms. The lowest BCUT2D eigenvalue weighted by Crippen LogP contribution is -2.47. The maximum atomic E-state index is 13.1. The Balaban J connectivity index is 1.32. The summed E-state index contributed by atoms with van der Waals surface area (Å²) in [6.45, 7) is 11.3. The monoisotopic (exact) mass is 531 g/mol.